The molecule has 0 amide bonds. The number of nitrogens with one attached hydrogen (secondary N) is 1. The molecule has 1 aliphatic heterocycles. The molecule has 0 spiro atoms. The number of sulfonamides is 1. The Kier molecular flexibility index (Phi) is 7.40. The molecule has 1 N–H and O–H groups in total. The summed E-state index contributed by atoms with van der Waals surface area (Å²) in [5.41, 5.74) is 1.52. The first-order valence-electron chi connectivity index (χ1n) is 12.9. The Balaban J connectivity index is 1.21. The van der Waals surface area contributed by atoms with Crippen LogP contribution in [0.4, 0.5) is 11.4 Å². The number of aryl methyl sites for hydroxylation is 1. The first-order chi connectivity index (χ1) is 17.9. The number of carbonyl (C=O) groups is 1. The number of aromatic nitrogens is 4. The molecular weight excluding hydrogens is 492 g/mol. The van der Waals surface area contributed by atoms with E-state index in [1.54, 1.807) is 24.3 Å². The fraction of sp³-hybridized carbons (Fsp3) is 0.462. The summed E-state index contributed by atoms with van der Waals surface area (Å²) in [4.78, 5) is 26.4. The standard InChI is InChI=1S/C26H32N6O4S/c33-24-15-18-30(19-16-24)22-9-7-21(8-10-22)27-37(35,36)25-13-11-23(12-14-25)32-26(34)31(28-29-32)17-3-6-20-4-1-2-5-20/h7-14,20,27H,1-6,15-19H2. The van der Waals surface area contributed by atoms with E-state index in [1.165, 1.54) is 47.2 Å². The molecular formula is C26H32N6O4S. The first kappa shape index (κ1) is 25.2. The summed E-state index contributed by atoms with van der Waals surface area (Å²) in [6, 6.07) is 13.1. The van der Waals surface area contributed by atoms with E-state index >= 15 is 0 Å². The highest BCUT2D eigenvalue weighted by atomic mass is 32.2. The minimum atomic E-state index is -3.82. The number of rotatable bonds is 9. The van der Waals surface area contributed by atoms with Crippen LogP contribution < -0.4 is 15.3 Å². The molecule has 1 saturated carbocycles. The van der Waals surface area contributed by atoms with Crippen molar-refractivity contribution in [3.8, 4) is 5.69 Å². The molecule has 2 aliphatic rings. The van der Waals surface area contributed by atoms with Crippen molar-refractivity contribution in [3.05, 3.63) is 59.0 Å². The number of piperidine rings is 1. The number of anilines is 2. The Bertz CT molecular complexity index is 1380. The van der Waals surface area contributed by atoms with Gasteiger partial charge in [-0.1, -0.05) is 25.7 Å². The van der Waals surface area contributed by atoms with Crippen molar-refractivity contribution in [2.24, 2.45) is 5.92 Å². The lowest BCUT2D eigenvalue weighted by Crippen LogP contribution is -2.33. The third kappa shape index (κ3) is 5.93. The highest BCUT2D eigenvalue weighted by molar-refractivity contribution is 7.92. The molecule has 10 nitrogen and oxygen atoms in total. The molecule has 3 aromatic rings. The molecule has 5 rings (SSSR count). The SMILES string of the molecule is O=C1CCN(c2ccc(NS(=O)(=O)c3ccc(-n4nnn(CCCC5CCCC5)c4=O)cc3)cc2)CC1. The van der Waals surface area contributed by atoms with Crippen molar-refractivity contribution < 1.29 is 13.2 Å². The summed E-state index contributed by atoms with van der Waals surface area (Å²) >= 11 is 0. The maximum Gasteiger partial charge on any atom is 0.368 e. The molecule has 0 bridgehead atoms. The zero-order valence-corrected chi connectivity index (χ0v) is 21.6. The van der Waals surface area contributed by atoms with Gasteiger partial charge in [0, 0.05) is 43.9 Å². The van der Waals surface area contributed by atoms with Gasteiger partial charge < -0.3 is 4.90 Å². The van der Waals surface area contributed by atoms with Gasteiger partial charge in [0.15, 0.2) is 0 Å². The van der Waals surface area contributed by atoms with Crippen molar-refractivity contribution in [2.75, 3.05) is 22.7 Å². The first-order valence-corrected chi connectivity index (χ1v) is 14.4. The van der Waals surface area contributed by atoms with Crippen LogP contribution in [0.15, 0.2) is 58.2 Å². The largest absolute Gasteiger partial charge is 0.371 e. The molecule has 2 heterocycles. The Labute approximate surface area is 216 Å². The molecule has 11 heteroatoms. The zero-order valence-electron chi connectivity index (χ0n) is 20.8. The van der Waals surface area contributed by atoms with E-state index in [0.29, 0.717) is 43.9 Å². The molecule has 2 fully saturated rings. The number of hydrogen-bond donors (Lipinski definition) is 1. The summed E-state index contributed by atoms with van der Waals surface area (Å²) in [6.07, 6.45) is 8.22. The Hall–Kier alpha value is -3.47. The summed E-state index contributed by atoms with van der Waals surface area (Å²) in [6.45, 7) is 1.88. The molecule has 2 aromatic carbocycles. The van der Waals surface area contributed by atoms with Gasteiger partial charge in [-0.2, -0.15) is 9.36 Å². The highest BCUT2D eigenvalue weighted by Crippen LogP contribution is 2.28. The van der Waals surface area contributed by atoms with Gasteiger partial charge in [0.25, 0.3) is 10.0 Å². The predicted molar refractivity (Wildman–Crippen MR) is 141 cm³/mol. The molecule has 37 heavy (non-hydrogen) atoms. The van der Waals surface area contributed by atoms with Crippen molar-refractivity contribution in [1.82, 2.24) is 19.8 Å². The number of hydrogen-bond acceptors (Lipinski definition) is 7. The smallest absolute Gasteiger partial charge is 0.368 e. The maximum absolute atomic E-state index is 12.9. The quantitative estimate of drug-likeness (QED) is 0.456. The third-order valence-corrected chi connectivity index (χ3v) is 8.69. The van der Waals surface area contributed by atoms with Gasteiger partial charge in [-0.3, -0.25) is 9.52 Å². The number of benzene rings is 2. The number of tetrazole rings is 1. The van der Waals surface area contributed by atoms with E-state index in [1.807, 2.05) is 12.1 Å². The Morgan fingerprint density at radius 1 is 0.865 bits per heavy atom. The average molecular weight is 525 g/mol. The highest BCUT2D eigenvalue weighted by Gasteiger charge is 2.19. The van der Waals surface area contributed by atoms with Crippen molar-refractivity contribution >= 4 is 27.2 Å². The van der Waals surface area contributed by atoms with Gasteiger partial charge in [0.1, 0.15) is 5.78 Å². The van der Waals surface area contributed by atoms with Crippen LogP contribution in [0.1, 0.15) is 51.4 Å². The third-order valence-electron chi connectivity index (χ3n) is 7.29. The minimum absolute atomic E-state index is 0.0758. The van der Waals surface area contributed by atoms with Crippen molar-refractivity contribution in [1.29, 1.82) is 0 Å². The van der Waals surface area contributed by atoms with E-state index in [9.17, 15) is 18.0 Å². The lowest BCUT2D eigenvalue weighted by atomic mass is 10.0. The molecule has 1 aliphatic carbocycles. The molecule has 0 atom stereocenters. The number of ketones is 1. The fourth-order valence-electron chi connectivity index (χ4n) is 5.14. The lowest BCUT2D eigenvalue weighted by Gasteiger charge is -2.28. The van der Waals surface area contributed by atoms with Crippen molar-refractivity contribution in [3.63, 3.8) is 0 Å². The Morgan fingerprint density at radius 2 is 1.51 bits per heavy atom. The van der Waals surface area contributed by atoms with Gasteiger partial charge in [0.2, 0.25) is 0 Å². The number of Topliss-reactive ketones (excluding diaryl/α,β-unsaturated/α-hetero) is 1. The van der Waals surface area contributed by atoms with Gasteiger partial charge in [-0.25, -0.2) is 13.2 Å². The van der Waals surface area contributed by atoms with E-state index < -0.39 is 10.0 Å². The average Bonchev–Trinajstić information content (AvgIpc) is 3.55. The van der Waals surface area contributed by atoms with Crippen molar-refractivity contribution in [2.45, 2.75) is 62.8 Å². The minimum Gasteiger partial charge on any atom is -0.371 e. The molecule has 196 valence electrons. The normalized spacial score (nSPS) is 16.9. The van der Waals surface area contributed by atoms with Crippen LogP contribution in [0.2, 0.25) is 0 Å². The second kappa shape index (κ2) is 10.9. The summed E-state index contributed by atoms with van der Waals surface area (Å²) in [5.74, 6) is 1.03. The van der Waals surface area contributed by atoms with Crippen LogP contribution in [-0.2, 0) is 21.4 Å². The topological polar surface area (TPSA) is 119 Å². The summed E-state index contributed by atoms with van der Waals surface area (Å²) in [7, 11) is -3.82. The zero-order chi connectivity index (χ0) is 25.8. The molecule has 0 radical (unpaired) electrons. The summed E-state index contributed by atoms with van der Waals surface area (Å²) < 4.78 is 31.0. The van der Waals surface area contributed by atoms with Crippen LogP contribution in [0.3, 0.4) is 0 Å². The molecule has 1 saturated heterocycles. The van der Waals surface area contributed by atoms with E-state index in [0.717, 1.165) is 24.4 Å². The van der Waals surface area contributed by atoms with Crippen LogP contribution in [0.5, 0.6) is 0 Å². The van der Waals surface area contributed by atoms with Gasteiger partial charge in [-0.05, 0) is 77.7 Å². The Morgan fingerprint density at radius 3 is 2.19 bits per heavy atom. The molecule has 1 aromatic heterocycles. The maximum atomic E-state index is 12.9. The fourth-order valence-corrected chi connectivity index (χ4v) is 6.20. The predicted octanol–water partition coefficient (Wildman–Crippen LogP) is 3.37. The second-order valence-corrected chi connectivity index (χ2v) is 11.5. The molecule has 0 unspecified atom stereocenters. The van der Waals surface area contributed by atoms with Crippen LogP contribution in [0.25, 0.3) is 5.69 Å². The summed E-state index contributed by atoms with van der Waals surface area (Å²) in [5, 5.41) is 7.97. The lowest BCUT2D eigenvalue weighted by molar-refractivity contribution is -0.119. The van der Waals surface area contributed by atoms with Gasteiger partial charge in [0.05, 0.1) is 10.6 Å². The van der Waals surface area contributed by atoms with Crippen LogP contribution in [-0.4, -0.2) is 47.1 Å². The van der Waals surface area contributed by atoms with Gasteiger partial charge >= 0.3 is 5.69 Å². The van der Waals surface area contributed by atoms with E-state index in [4.69, 9.17) is 0 Å². The second-order valence-electron chi connectivity index (χ2n) is 9.86. The van der Waals surface area contributed by atoms with Crippen LogP contribution in [0, 0.1) is 5.92 Å². The number of nitrogens with zero attached hydrogens (tertiary/aromatic N) is 5. The van der Waals surface area contributed by atoms with Crippen LogP contribution >= 0.6 is 0 Å². The van der Waals surface area contributed by atoms with E-state index in [2.05, 4.69) is 20.0 Å². The monoisotopic (exact) mass is 524 g/mol. The van der Waals surface area contributed by atoms with Gasteiger partial charge in [-0.15, -0.1) is 0 Å². The number of carbonyl (C=O) groups excluding carboxylic acids is 1. The van der Waals surface area contributed by atoms with E-state index in [-0.39, 0.29) is 16.4 Å².